The summed E-state index contributed by atoms with van der Waals surface area (Å²) in [7, 11) is 1.21. The maximum atomic E-state index is 12.4. The number of para-hydroxylation sites is 1. The van der Waals surface area contributed by atoms with E-state index in [2.05, 4.69) is 4.74 Å². The van der Waals surface area contributed by atoms with Crippen LogP contribution in [0, 0.1) is 0 Å². The molecule has 3 nitrogen and oxygen atoms in total. The predicted octanol–water partition coefficient (Wildman–Crippen LogP) is 2.73. The monoisotopic (exact) mass is 262 g/mol. The van der Waals surface area contributed by atoms with E-state index in [0.29, 0.717) is 5.56 Å². The minimum absolute atomic E-state index is 0.0349. The Morgan fingerprint density at radius 1 is 1.33 bits per heavy atom. The van der Waals surface area contributed by atoms with Crippen molar-refractivity contribution in [3.63, 3.8) is 0 Å². The van der Waals surface area contributed by atoms with Crippen molar-refractivity contribution in [1.29, 1.82) is 0 Å². The SMILES string of the molecule is COC(=O)Cc1ccccc1OC(C)C(F)(F)F. The molecule has 0 saturated heterocycles. The molecule has 0 aromatic heterocycles. The van der Waals surface area contributed by atoms with E-state index in [1.54, 1.807) is 12.1 Å². The number of esters is 1. The van der Waals surface area contributed by atoms with Gasteiger partial charge in [-0.2, -0.15) is 13.2 Å². The zero-order valence-corrected chi connectivity index (χ0v) is 9.95. The van der Waals surface area contributed by atoms with Gasteiger partial charge in [-0.3, -0.25) is 4.79 Å². The summed E-state index contributed by atoms with van der Waals surface area (Å²) in [5.41, 5.74) is 0.362. The normalized spacial score (nSPS) is 12.9. The molecule has 0 fully saturated rings. The van der Waals surface area contributed by atoms with Crippen molar-refractivity contribution in [2.45, 2.75) is 25.6 Å². The van der Waals surface area contributed by atoms with E-state index >= 15 is 0 Å². The molecule has 1 aromatic rings. The molecule has 0 aliphatic carbocycles. The average molecular weight is 262 g/mol. The van der Waals surface area contributed by atoms with Gasteiger partial charge in [-0.15, -0.1) is 0 Å². The van der Waals surface area contributed by atoms with Gasteiger partial charge in [-0.1, -0.05) is 18.2 Å². The molecule has 0 amide bonds. The number of hydrogen-bond donors (Lipinski definition) is 0. The van der Waals surface area contributed by atoms with Gasteiger partial charge in [-0.25, -0.2) is 0 Å². The highest BCUT2D eigenvalue weighted by Crippen LogP contribution is 2.27. The van der Waals surface area contributed by atoms with Crippen molar-refractivity contribution in [2.75, 3.05) is 7.11 Å². The summed E-state index contributed by atoms with van der Waals surface area (Å²) < 4.78 is 46.4. The van der Waals surface area contributed by atoms with Crippen LogP contribution in [0.2, 0.25) is 0 Å². The van der Waals surface area contributed by atoms with Crippen molar-refractivity contribution in [3.8, 4) is 5.75 Å². The molecule has 0 aliphatic heterocycles. The lowest BCUT2D eigenvalue weighted by molar-refractivity contribution is -0.189. The molecule has 0 N–H and O–H groups in total. The van der Waals surface area contributed by atoms with E-state index in [4.69, 9.17) is 4.74 Å². The number of rotatable bonds is 4. The first-order valence-corrected chi connectivity index (χ1v) is 5.22. The van der Waals surface area contributed by atoms with Crippen LogP contribution in [0.15, 0.2) is 24.3 Å². The predicted molar refractivity (Wildman–Crippen MR) is 58.3 cm³/mol. The smallest absolute Gasteiger partial charge is 0.425 e. The largest absolute Gasteiger partial charge is 0.481 e. The maximum Gasteiger partial charge on any atom is 0.425 e. The zero-order chi connectivity index (χ0) is 13.8. The van der Waals surface area contributed by atoms with E-state index < -0.39 is 18.2 Å². The molecule has 0 bridgehead atoms. The van der Waals surface area contributed by atoms with E-state index in [9.17, 15) is 18.0 Å². The van der Waals surface area contributed by atoms with E-state index in [-0.39, 0.29) is 12.2 Å². The zero-order valence-electron chi connectivity index (χ0n) is 9.95. The van der Waals surface area contributed by atoms with Crippen molar-refractivity contribution >= 4 is 5.97 Å². The molecule has 0 saturated carbocycles. The Balaban J connectivity index is 2.85. The van der Waals surface area contributed by atoms with E-state index in [1.807, 2.05) is 0 Å². The molecule has 0 heterocycles. The summed E-state index contributed by atoms with van der Waals surface area (Å²) in [6.07, 6.45) is -6.51. The van der Waals surface area contributed by atoms with E-state index in [0.717, 1.165) is 6.92 Å². The van der Waals surface area contributed by atoms with Gasteiger partial charge in [0, 0.05) is 5.56 Å². The molecule has 1 unspecified atom stereocenters. The molecule has 0 spiro atoms. The van der Waals surface area contributed by atoms with Crippen molar-refractivity contribution < 1.29 is 27.4 Å². The standard InChI is InChI=1S/C12H13F3O3/c1-8(12(13,14)15)18-10-6-4-3-5-9(10)7-11(16)17-2/h3-6,8H,7H2,1-2H3. The second-order valence-electron chi connectivity index (χ2n) is 3.66. The van der Waals surface area contributed by atoms with Crippen LogP contribution in [-0.2, 0) is 16.0 Å². The lowest BCUT2D eigenvalue weighted by atomic mass is 10.1. The summed E-state index contributed by atoms with van der Waals surface area (Å²) in [5, 5.41) is 0. The van der Waals surface area contributed by atoms with Gasteiger partial charge < -0.3 is 9.47 Å². The summed E-state index contributed by atoms with van der Waals surface area (Å²) in [4.78, 5) is 11.1. The second-order valence-corrected chi connectivity index (χ2v) is 3.66. The topological polar surface area (TPSA) is 35.5 Å². The molecular weight excluding hydrogens is 249 g/mol. The van der Waals surface area contributed by atoms with Crippen molar-refractivity contribution in [2.24, 2.45) is 0 Å². The minimum Gasteiger partial charge on any atom is -0.481 e. The number of hydrogen-bond acceptors (Lipinski definition) is 3. The molecule has 100 valence electrons. The number of carbonyl (C=O) groups is 1. The number of ether oxygens (including phenoxy) is 2. The Morgan fingerprint density at radius 3 is 2.50 bits per heavy atom. The number of methoxy groups -OCH3 is 1. The molecule has 0 aliphatic rings. The van der Waals surface area contributed by atoms with Gasteiger partial charge in [0.2, 0.25) is 0 Å². The Kier molecular flexibility index (Phi) is 4.58. The molecule has 1 atom stereocenters. The average Bonchev–Trinajstić information content (AvgIpc) is 2.30. The Hall–Kier alpha value is -1.72. The van der Waals surface area contributed by atoms with Crippen molar-refractivity contribution in [1.82, 2.24) is 0 Å². The third kappa shape index (κ3) is 3.94. The Bertz CT molecular complexity index is 415. The summed E-state index contributed by atoms with van der Waals surface area (Å²) in [5.74, 6) is -0.501. The van der Waals surface area contributed by atoms with Crippen LogP contribution in [0.3, 0.4) is 0 Å². The highest BCUT2D eigenvalue weighted by molar-refractivity contribution is 5.73. The third-order valence-corrected chi connectivity index (χ3v) is 2.30. The molecule has 0 radical (unpaired) electrons. The second kappa shape index (κ2) is 5.75. The van der Waals surface area contributed by atoms with Crippen LogP contribution in [0.5, 0.6) is 5.75 Å². The van der Waals surface area contributed by atoms with Gasteiger partial charge in [-0.05, 0) is 13.0 Å². The first kappa shape index (κ1) is 14.3. The van der Waals surface area contributed by atoms with Crippen LogP contribution >= 0.6 is 0 Å². The molecular formula is C12H13F3O3. The first-order chi connectivity index (χ1) is 8.34. The fourth-order valence-corrected chi connectivity index (χ4v) is 1.25. The first-order valence-electron chi connectivity index (χ1n) is 5.22. The van der Waals surface area contributed by atoms with Gasteiger partial charge >= 0.3 is 12.1 Å². The van der Waals surface area contributed by atoms with Gasteiger partial charge in [0.05, 0.1) is 13.5 Å². The van der Waals surface area contributed by atoms with Crippen LogP contribution in [0.1, 0.15) is 12.5 Å². The van der Waals surface area contributed by atoms with Crippen LogP contribution < -0.4 is 4.74 Å². The molecule has 1 aromatic carbocycles. The number of halogens is 3. The van der Waals surface area contributed by atoms with Crippen LogP contribution in [-0.4, -0.2) is 25.4 Å². The maximum absolute atomic E-state index is 12.4. The van der Waals surface area contributed by atoms with Crippen molar-refractivity contribution in [3.05, 3.63) is 29.8 Å². The highest BCUT2D eigenvalue weighted by atomic mass is 19.4. The minimum atomic E-state index is -4.45. The van der Waals surface area contributed by atoms with Crippen LogP contribution in [0.4, 0.5) is 13.2 Å². The van der Waals surface area contributed by atoms with Crippen LogP contribution in [0.25, 0.3) is 0 Å². The molecule has 1 rings (SSSR count). The fraction of sp³-hybridized carbons (Fsp3) is 0.417. The third-order valence-electron chi connectivity index (χ3n) is 2.30. The number of carbonyl (C=O) groups excluding carboxylic acids is 1. The molecule has 6 heteroatoms. The Labute approximate surface area is 103 Å². The number of alkyl halides is 3. The lowest BCUT2D eigenvalue weighted by Gasteiger charge is -2.19. The summed E-state index contributed by atoms with van der Waals surface area (Å²) in [6, 6.07) is 6.07. The van der Waals surface area contributed by atoms with Gasteiger partial charge in [0.25, 0.3) is 0 Å². The Morgan fingerprint density at radius 2 is 1.94 bits per heavy atom. The summed E-state index contributed by atoms with van der Waals surface area (Å²) >= 11 is 0. The number of benzene rings is 1. The summed E-state index contributed by atoms with van der Waals surface area (Å²) in [6.45, 7) is 0.912. The molecule has 18 heavy (non-hydrogen) atoms. The van der Waals surface area contributed by atoms with Gasteiger partial charge in [0.1, 0.15) is 5.75 Å². The fourth-order valence-electron chi connectivity index (χ4n) is 1.25. The van der Waals surface area contributed by atoms with E-state index in [1.165, 1.54) is 19.2 Å². The highest BCUT2D eigenvalue weighted by Gasteiger charge is 2.38. The quantitative estimate of drug-likeness (QED) is 0.783. The lowest BCUT2D eigenvalue weighted by Crippen LogP contribution is -2.31. The van der Waals surface area contributed by atoms with Gasteiger partial charge in [0.15, 0.2) is 6.10 Å².